The van der Waals surface area contributed by atoms with Gasteiger partial charge in [0.15, 0.2) is 0 Å². The van der Waals surface area contributed by atoms with E-state index in [9.17, 15) is 14.0 Å². The van der Waals surface area contributed by atoms with E-state index in [0.29, 0.717) is 24.5 Å². The second-order valence-corrected chi connectivity index (χ2v) is 7.04. The van der Waals surface area contributed by atoms with Crippen molar-refractivity contribution in [3.8, 4) is 5.69 Å². The van der Waals surface area contributed by atoms with E-state index in [4.69, 9.17) is 0 Å². The van der Waals surface area contributed by atoms with Gasteiger partial charge >= 0.3 is 5.69 Å². The smallest absolute Gasteiger partial charge is 0.338 e. The lowest BCUT2D eigenvalue weighted by atomic mass is 9.96. The summed E-state index contributed by atoms with van der Waals surface area (Å²) >= 11 is 0. The molecule has 1 aromatic heterocycles. The summed E-state index contributed by atoms with van der Waals surface area (Å²) in [7, 11) is 1.63. The Hall–Kier alpha value is -3.22. The van der Waals surface area contributed by atoms with Crippen molar-refractivity contribution in [2.24, 2.45) is 7.05 Å². The number of halogens is 1. The highest BCUT2D eigenvalue weighted by molar-refractivity contribution is 5.94. The Kier molecular flexibility index (Phi) is 4.81. The summed E-state index contributed by atoms with van der Waals surface area (Å²) in [5, 5.41) is 4.46. The van der Waals surface area contributed by atoms with Gasteiger partial charge in [-0.1, -0.05) is 24.3 Å². The molecular weight excluding hydrogens is 359 g/mol. The number of likely N-dealkylation sites (tertiary alicyclic amines) is 1. The van der Waals surface area contributed by atoms with E-state index < -0.39 is 5.82 Å². The fourth-order valence-corrected chi connectivity index (χ4v) is 3.74. The molecular formula is C21H21FN4O2. The van der Waals surface area contributed by atoms with Crippen LogP contribution in [0.4, 0.5) is 4.39 Å². The minimum Gasteiger partial charge on any atom is -0.338 e. The van der Waals surface area contributed by atoms with Crippen molar-refractivity contribution in [1.29, 1.82) is 0 Å². The number of aromatic nitrogens is 3. The first-order valence-electron chi connectivity index (χ1n) is 9.31. The molecule has 1 aliphatic rings. The van der Waals surface area contributed by atoms with Crippen LogP contribution in [0.3, 0.4) is 0 Å². The Morgan fingerprint density at radius 2 is 1.93 bits per heavy atom. The van der Waals surface area contributed by atoms with Crippen molar-refractivity contribution >= 4 is 5.91 Å². The minimum absolute atomic E-state index is 0.0691. The third kappa shape index (κ3) is 3.35. The lowest BCUT2D eigenvalue weighted by molar-refractivity contribution is 0.0703. The van der Waals surface area contributed by atoms with Crippen LogP contribution in [-0.4, -0.2) is 38.2 Å². The Bertz CT molecular complexity index is 1060. The van der Waals surface area contributed by atoms with Gasteiger partial charge in [0.05, 0.1) is 5.69 Å². The van der Waals surface area contributed by atoms with Gasteiger partial charge in [0.1, 0.15) is 11.6 Å². The summed E-state index contributed by atoms with van der Waals surface area (Å²) in [4.78, 5) is 27.2. The standard InChI is InChI=1S/C21H21FN4O2/c1-24-21(28)26(18-10-3-2-4-11-18)19(23-24)16-8-6-12-25(14-16)20(27)15-7-5-9-17(22)13-15/h2-5,7,9-11,13,16H,6,8,12,14H2,1H3. The molecule has 2 aromatic carbocycles. The quantitative estimate of drug-likeness (QED) is 0.702. The molecule has 2 heterocycles. The van der Waals surface area contributed by atoms with Gasteiger partial charge < -0.3 is 4.90 Å². The molecule has 0 saturated carbocycles. The number of aryl methyl sites for hydroxylation is 1. The molecule has 1 fully saturated rings. The highest BCUT2D eigenvalue weighted by atomic mass is 19.1. The van der Waals surface area contributed by atoms with E-state index in [-0.39, 0.29) is 17.5 Å². The first-order valence-corrected chi connectivity index (χ1v) is 9.31. The predicted octanol–water partition coefficient (Wildman–Crippen LogP) is 2.73. The summed E-state index contributed by atoms with van der Waals surface area (Å²) in [6.07, 6.45) is 1.63. The monoisotopic (exact) mass is 380 g/mol. The molecule has 0 spiro atoms. The van der Waals surface area contributed by atoms with Gasteiger partial charge in [-0.3, -0.25) is 4.79 Å². The fourth-order valence-electron chi connectivity index (χ4n) is 3.74. The van der Waals surface area contributed by atoms with Gasteiger partial charge in [-0.15, -0.1) is 0 Å². The maximum absolute atomic E-state index is 13.5. The second-order valence-electron chi connectivity index (χ2n) is 7.04. The van der Waals surface area contributed by atoms with Gasteiger partial charge in [-0.05, 0) is 43.2 Å². The number of carbonyl (C=O) groups excluding carboxylic acids is 1. The van der Waals surface area contributed by atoms with E-state index in [1.165, 1.54) is 22.9 Å². The molecule has 1 atom stereocenters. The molecule has 1 amide bonds. The Morgan fingerprint density at radius 3 is 2.68 bits per heavy atom. The van der Waals surface area contributed by atoms with E-state index in [1.807, 2.05) is 30.3 Å². The maximum atomic E-state index is 13.5. The van der Waals surface area contributed by atoms with Crippen LogP contribution in [0.1, 0.15) is 34.9 Å². The highest BCUT2D eigenvalue weighted by Crippen LogP contribution is 2.27. The first kappa shape index (κ1) is 18.2. The largest absolute Gasteiger partial charge is 0.350 e. The molecule has 3 aromatic rings. The van der Waals surface area contributed by atoms with Crippen molar-refractivity contribution in [3.63, 3.8) is 0 Å². The topological polar surface area (TPSA) is 60.1 Å². The van der Waals surface area contributed by atoms with Crippen LogP contribution in [0.2, 0.25) is 0 Å². The van der Waals surface area contributed by atoms with Crippen molar-refractivity contribution < 1.29 is 9.18 Å². The van der Waals surface area contributed by atoms with Crippen LogP contribution in [0, 0.1) is 5.82 Å². The number of rotatable bonds is 3. The number of hydrogen-bond donors (Lipinski definition) is 0. The Labute approximate surface area is 161 Å². The first-order chi connectivity index (χ1) is 13.5. The molecule has 1 aliphatic heterocycles. The molecule has 28 heavy (non-hydrogen) atoms. The lowest BCUT2D eigenvalue weighted by Gasteiger charge is -2.32. The lowest BCUT2D eigenvalue weighted by Crippen LogP contribution is -2.40. The van der Waals surface area contributed by atoms with Crippen LogP contribution in [0.15, 0.2) is 59.4 Å². The summed E-state index contributed by atoms with van der Waals surface area (Å²) in [6.45, 7) is 1.05. The van der Waals surface area contributed by atoms with Gasteiger partial charge in [-0.25, -0.2) is 18.4 Å². The van der Waals surface area contributed by atoms with Crippen LogP contribution >= 0.6 is 0 Å². The summed E-state index contributed by atoms with van der Waals surface area (Å²) < 4.78 is 16.4. The zero-order valence-corrected chi connectivity index (χ0v) is 15.6. The molecule has 7 heteroatoms. The average molecular weight is 380 g/mol. The summed E-state index contributed by atoms with van der Waals surface area (Å²) in [6, 6.07) is 15.1. The van der Waals surface area contributed by atoms with Gasteiger partial charge in [0.25, 0.3) is 5.91 Å². The normalized spacial score (nSPS) is 16.9. The Morgan fingerprint density at radius 1 is 1.14 bits per heavy atom. The molecule has 4 rings (SSSR count). The molecule has 1 unspecified atom stereocenters. The minimum atomic E-state index is -0.429. The maximum Gasteiger partial charge on any atom is 0.350 e. The van der Waals surface area contributed by atoms with Crippen LogP contribution in [0.25, 0.3) is 5.69 Å². The molecule has 144 valence electrons. The molecule has 0 aliphatic carbocycles. The highest BCUT2D eigenvalue weighted by Gasteiger charge is 2.30. The third-order valence-electron chi connectivity index (χ3n) is 5.11. The van der Waals surface area contributed by atoms with E-state index in [2.05, 4.69) is 5.10 Å². The second kappa shape index (κ2) is 7.42. The van der Waals surface area contributed by atoms with E-state index in [0.717, 1.165) is 18.5 Å². The number of para-hydroxylation sites is 1. The Balaban J connectivity index is 1.65. The molecule has 0 bridgehead atoms. The van der Waals surface area contributed by atoms with Gasteiger partial charge in [0.2, 0.25) is 0 Å². The van der Waals surface area contributed by atoms with Crippen molar-refractivity contribution in [3.05, 3.63) is 82.3 Å². The zero-order chi connectivity index (χ0) is 19.7. The summed E-state index contributed by atoms with van der Waals surface area (Å²) in [5.41, 5.74) is 0.876. The SMILES string of the molecule is Cn1nc(C2CCCN(C(=O)c3cccc(F)c3)C2)n(-c2ccccc2)c1=O. The number of amides is 1. The average Bonchev–Trinajstić information content (AvgIpc) is 3.03. The number of nitrogens with zero attached hydrogens (tertiary/aromatic N) is 4. The number of piperidine rings is 1. The molecule has 1 saturated heterocycles. The van der Waals surface area contributed by atoms with Crippen molar-refractivity contribution in [1.82, 2.24) is 19.2 Å². The van der Waals surface area contributed by atoms with Gasteiger partial charge in [-0.2, -0.15) is 5.10 Å². The number of hydrogen-bond acceptors (Lipinski definition) is 3. The van der Waals surface area contributed by atoms with Crippen molar-refractivity contribution in [2.45, 2.75) is 18.8 Å². The van der Waals surface area contributed by atoms with Crippen molar-refractivity contribution in [2.75, 3.05) is 13.1 Å². The number of carbonyl (C=O) groups is 1. The summed E-state index contributed by atoms with van der Waals surface area (Å²) in [5.74, 6) is -0.0494. The predicted molar refractivity (Wildman–Crippen MR) is 103 cm³/mol. The van der Waals surface area contributed by atoms with Gasteiger partial charge in [0, 0.05) is 31.6 Å². The third-order valence-corrected chi connectivity index (χ3v) is 5.11. The molecule has 6 nitrogen and oxygen atoms in total. The van der Waals surface area contributed by atoms with Crippen LogP contribution < -0.4 is 5.69 Å². The zero-order valence-electron chi connectivity index (χ0n) is 15.6. The fraction of sp³-hybridized carbons (Fsp3) is 0.286. The van der Waals surface area contributed by atoms with Crippen LogP contribution in [-0.2, 0) is 7.05 Å². The molecule has 0 N–H and O–H groups in total. The van der Waals surface area contributed by atoms with Crippen LogP contribution in [0.5, 0.6) is 0 Å². The number of benzene rings is 2. The van der Waals surface area contributed by atoms with E-state index in [1.54, 1.807) is 22.6 Å². The molecule has 0 radical (unpaired) electrons. The van der Waals surface area contributed by atoms with E-state index >= 15 is 0 Å².